The average molecular weight is 399 g/mol. The minimum atomic E-state index is 0.126. The molecule has 0 saturated heterocycles. The van der Waals surface area contributed by atoms with Crippen LogP contribution >= 0.6 is 50.2 Å². The van der Waals surface area contributed by atoms with Crippen LogP contribution in [0.25, 0.3) is 0 Å². The van der Waals surface area contributed by atoms with Crippen molar-refractivity contribution in [3.05, 3.63) is 72.0 Å². The summed E-state index contributed by atoms with van der Waals surface area (Å²) in [5, 5.41) is 5.74. The predicted molar refractivity (Wildman–Crippen MR) is 98.0 cm³/mol. The second-order valence-electron chi connectivity index (χ2n) is 4.72. The van der Waals surface area contributed by atoms with Crippen molar-refractivity contribution in [2.45, 2.75) is 13.0 Å². The fraction of sp³-hybridized carbons (Fsp3) is 0.125. The number of hydrogen-bond acceptors (Lipinski definition) is 3. The molecule has 0 aliphatic carbocycles. The van der Waals surface area contributed by atoms with Crippen LogP contribution in [0, 0.1) is 6.92 Å². The molecule has 0 amide bonds. The lowest BCUT2D eigenvalue weighted by Crippen LogP contribution is -2.10. The van der Waals surface area contributed by atoms with Gasteiger partial charge in [0.2, 0.25) is 0 Å². The largest absolute Gasteiger partial charge is 0.372 e. The van der Waals surface area contributed by atoms with Crippen molar-refractivity contribution in [1.82, 2.24) is 0 Å². The Morgan fingerprint density at radius 3 is 2.67 bits per heavy atom. The number of rotatable bonds is 4. The minimum absolute atomic E-state index is 0.126. The zero-order valence-electron chi connectivity index (χ0n) is 11.3. The first-order valence-corrected chi connectivity index (χ1v) is 9.31. The molecule has 3 rings (SSSR count). The third-order valence-corrected chi connectivity index (χ3v) is 6.05. The van der Waals surface area contributed by atoms with Gasteiger partial charge in [-0.2, -0.15) is 0 Å². The molecule has 108 valence electrons. The molecule has 3 aromatic rings. The summed E-state index contributed by atoms with van der Waals surface area (Å²) in [4.78, 5) is 2.50. The summed E-state index contributed by atoms with van der Waals surface area (Å²) in [6.07, 6.45) is 0. The van der Waals surface area contributed by atoms with E-state index in [1.54, 1.807) is 22.7 Å². The molecule has 0 saturated carbocycles. The summed E-state index contributed by atoms with van der Waals surface area (Å²) in [6, 6.07) is 14.7. The standard InChI is InChI=1S/C16H13BrClNS2/c1-10-4-5-11(17)12(9-10)19-16(13-3-2-8-20-13)14-6-7-15(18)21-14/h2-9,16,19H,1H3. The topological polar surface area (TPSA) is 12.0 Å². The summed E-state index contributed by atoms with van der Waals surface area (Å²) in [5.74, 6) is 0. The molecule has 0 aliphatic heterocycles. The summed E-state index contributed by atoms with van der Waals surface area (Å²) in [5.41, 5.74) is 2.33. The van der Waals surface area contributed by atoms with Crippen LogP contribution < -0.4 is 5.32 Å². The first kappa shape index (κ1) is 15.1. The molecule has 0 fully saturated rings. The first-order chi connectivity index (χ1) is 10.1. The number of hydrogen-bond donors (Lipinski definition) is 1. The Labute approximate surface area is 145 Å². The number of anilines is 1. The van der Waals surface area contributed by atoms with Crippen LogP contribution in [-0.4, -0.2) is 0 Å². The lowest BCUT2D eigenvalue weighted by molar-refractivity contribution is 0.990. The lowest BCUT2D eigenvalue weighted by Gasteiger charge is -2.19. The van der Waals surface area contributed by atoms with Crippen LogP contribution in [0.1, 0.15) is 21.4 Å². The molecule has 1 atom stereocenters. The highest BCUT2D eigenvalue weighted by Crippen LogP contribution is 2.37. The molecule has 21 heavy (non-hydrogen) atoms. The Hall–Kier alpha value is -0.810. The van der Waals surface area contributed by atoms with Gasteiger partial charge in [0, 0.05) is 19.9 Å². The molecule has 1 aromatic carbocycles. The Bertz CT molecular complexity index is 737. The maximum Gasteiger partial charge on any atom is 0.0954 e. The SMILES string of the molecule is Cc1ccc(Br)c(NC(c2cccs2)c2ccc(Cl)s2)c1. The second-order valence-corrected chi connectivity index (χ2v) is 8.30. The summed E-state index contributed by atoms with van der Waals surface area (Å²) in [7, 11) is 0. The van der Waals surface area contributed by atoms with Crippen molar-refractivity contribution in [1.29, 1.82) is 0 Å². The van der Waals surface area contributed by atoms with Crippen molar-refractivity contribution >= 4 is 55.9 Å². The van der Waals surface area contributed by atoms with E-state index < -0.39 is 0 Å². The van der Waals surface area contributed by atoms with Gasteiger partial charge in [0.05, 0.1) is 10.4 Å². The molecule has 1 unspecified atom stereocenters. The van der Waals surface area contributed by atoms with Crippen LogP contribution in [0.5, 0.6) is 0 Å². The van der Waals surface area contributed by atoms with Gasteiger partial charge in [0.15, 0.2) is 0 Å². The Kier molecular flexibility index (Phi) is 4.69. The maximum absolute atomic E-state index is 6.11. The van der Waals surface area contributed by atoms with Gasteiger partial charge in [-0.15, -0.1) is 22.7 Å². The summed E-state index contributed by atoms with van der Waals surface area (Å²) >= 11 is 13.1. The summed E-state index contributed by atoms with van der Waals surface area (Å²) in [6.45, 7) is 2.10. The van der Waals surface area contributed by atoms with Crippen LogP contribution in [0.2, 0.25) is 4.34 Å². The number of halogens is 2. The van der Waals surface area contributed by atoms with Crippen molar-refractivity contribution in [3.63, 3.8) is 0 Å². The number of thiophene rings is 2. The lowest BCUT2D eigenvalue weighted by atomic mass is 10.1. The zero-order chi connectivity index (χ0) is 14.8. The van der Waals surface area contributed by atoms with Crippen molar-refractivity contribution in [2.24, 2.45) is 0 Å². The zero-order valence-corrected chi connectivity index (χ0v) is 15.2. The molecule has 0 bridgehead atoms. The van der Waals surface area contributed by atoms with Gasteiger partial charge in [-0.25, -0.2) is 0 Å². The Balaban J connectivity index is 1.98. The second kappa shape index (κ2) is 6.53. The van der Waals surface area contributed by atoms with E-state index in [9.17, 15) is 0 Å². The number of benzene rings is 1. The van der Waals surface area contributed by atoms with E-state index in [4.69, 9.17) is 11.6 Å². The van der Waals surface area contributed by atoms with Gasteiger partial charge < -0.3 is 5.32 Å². The van der Waals surface area contributed by atoms with E-state index in [2.05, 4.69) is 69.9 Å². The molecule has 5 heteroatoms. The van der Waals surface area contributed by atoms with Gasteiger partial charge in [-0.3, -0.25) is 0 Å². The van der Waals surface area contributed by atoms with Gasteiger partial charge in [0.1, 0.15) is 0 Å². The third-order valence-electron chi connectivity index (χ3n) is 3.13. The van der Waals surface area contributed by atoms with Gasteiger partial charge >= 0.3 is 0 Å². The number of aryl methyl sites for hydroxylation is 1. The Morgan fingerprint density at radius 2 is 2.00 bits per heavy atom. The molecule has 2 aromatic heterocycles. The highest BCUT2D eigenvalue weighted by Gasteiger charge is 2.18. The first-order valence-electron chi connectivity index (χ1n) is 6.45. The van der Waals surface area contributed by atoms with Crippen molar-refractivity contribution in [2.75, 3.05) is 5.32 Å². The molecular weight excluding hydrogens is 386 g/mol. The van der Waals surface area contributed by atoms with Crippen LogP contribution in [0.3, 0.4) is 0 Å². The third kappa shape index (κ3) is 3.51. The maximum atomic E-state index is 6.11. The molecule has 2 heterocycles. The van der Waals surface area contributed by atoms with Gasteiger partial charge in [0.25, 0.3) is 0 Å². The van der Waals surface area contributed by atoms with E-state index in [0.717, 1.165) is 14.5 Å². The smallest absolute Gasteiger partial charge is 0.0954 e. The van der Waals surface area contributed by atoms with E-state index in [0.29, 0.717) is 0 Å². The van der Waals surface area contributed by atoms with Crippen LogP contribution in [0.15, 0.2) is 52.3 Å². The fourth-order valence-electron chi connectivity index (χ4n) is 2.13. The molecule has 1 nitrogen and oxygen atoms in total. The van der Waals surface area contributed by atoms with Gasteiger partial charge in [-0.05, 0) is 64.1 Å². The average Bonchev–Trinajstić information content (AvgIpc) is 3.11. The van der Waals surface area contributed by atoms with Gasteiger partial charge in [-0.1, -0.05) is 23.7 Å². The quantitative estimate of drug-likeness (QED) is 0.513. The normalized spacial score (nSPS) is 12.3. The van der Waals surface area contributed by atoms with E-state index in [1.165, 1.54) is 15.3 Å². The van der Waals surface area contributed by atoms with E-state index in [-0.39, 0.29) is 6.04 Å². The Morgan fingerprint density at radius 1 is 1.14 bits per heavy atom. The molecule has 0 aliphatic rings. The van der Waals surface area contributed by atoms with Crippen molar-refractivity contribution in [3.8, 4) is 0 Å². The molecule has 0 spiro atoms. The molecule has 1 N–H and O–H groups in total. The van der Waals surface area contributed by atoms with Crippen molar-refractivity contribution < 1.29 is 0 Å². The van der Waals surface area contributed by atoms with Crippen LogP contribution in [0.4, 0.5) is 5.69 Å². The van der Waals surface area contributed by atoms with Crippen LogP contribution in [-0.2, 0) is 0 Å². The molecule has 0 radical (unpaired) electrons. The highest BCUT2D eigenvalue weighted by atomic mass is 79.9. The number of nitrogens with one attached hydrogen (secondary N) is 1. The summed E-state index contributed by atoms with van der Waals surface area (Å²) < 4.78 is 1.88. The highest BCUT2D eigenvalue weighted by molar-refractivity contribution is 9.10. The fourth-order valence-corrected chi connectivity index (χ4v) is 4.49. The molecular formula is C16H13BrClNS2. The predicted octanol–water partition coefficient (Wildman–Crippen LogP) is 6.74. The van der Waals surface area contributed by atoms with E-state index >= 15 is 0 Å². The van der Waals surface area contributed by atoms with E-state index in [1.807, 2.05) is 6.07 Å². The monoisotopic (exact) mass is 397 g/mol. The minimum Gasteiger partial charge on any atom is -0.372 e.